The zero-order valence-electron chi connectivity index (χ0n) is 57.0. The van der Waals surface area contributed by atoms with Crippen LogP contribution in [-0.2, 0) is 67.4 Å². The Morgan fingerprint density at radius 2 is 0.802 bits per heavy atom. The first-order chi connectivity index (χ1) is 46.5. The largest absolute Gasteiger partial charge is 0.444 e. The lowest BCUT2D eigenvalue weighted by molar-refractivity contribution is -0.123. The van der Waals surface area contributed by atoms with Gasteiger partial charge in [0.1, 0.15) is 13.2 Å². The van der Waals surface area contributed by atoms with Gasteiger partial charge in [-0.3, -0.25) is 29.4 Å². The first-order valence-electron chi connectivity index (χ1n) is 34.0. The van der Waals surface area contributed by atoms with Gasteiger partial charge in [-0.25, -0.2) is 19.2 Å². The highest BCUT2D eigenvalue weighted by atomic mass is 32.1. The summed E-state index contributed by atoms with van der Waals surface area (Å²) in [5.41, 5.74) is 7.96. The summed E-state index contributed by atoms with van der Waals surface area (Å²) in [5.74, 6) is 0.0927. The number of benzene rings is 4. The number of morpholine rings is 2. The summed E-state index contributed by atoms with van der Waals surface area (Å²) in [6.45, 7) is 15.6. The minimum absolute atomic E-state index is 0.00791. The van der Waals surface area contributed by atoms with Gasteiger partial charge in [-0.1, -0.05) is 121 Å². The number of alkyl carbamates (subject to hydrolysis) is 2. The van der Waals surface area contributed by atoms with E-state index in [1.54, 1.807) is 47.3 Å². The second-order valence-electron chi connectivity index (χ2n) is 25.7. The molecule has 0 aliphatic carbocycles. The van der Waals surface area contributed by atoms with Crippen molar-refractivity contribution in [1.82, 2.24) is 50.8 Å². The number of ether oxygens (including phenoxy) is 4. The molecule has 4 N–H and O–H groups in total. The number of urea groups is 2. The second-order valence-corrected chi connectivity index (χ2v) is 27.6. The molecule has 6 aromatic rings. The molecule has 20 nitrogen and oxygen atoms in total. The van der Waals surface area contributed by atoms with Crippen molar-refractivity contribution in [2.75, 3.05) is 79.8 Å². The molecule has 6 amide bonds. The lowest BCUT2D eigenvalue weighted by Gasteiger charge is -2.30. The molecule has 2 aromatic heterocycles. The Labute approximate surface area is 576 Å². The van der Waals surface area contributed by atoms with Crippen LogP contribution >= 0.6 is 22.7 Å². The van der Waals surface area contributed by atoms with E-state index in [2.05, 4.69) is 89.6 Å². The monoisotopic (exact) mass is 1350 g/mol. The molecule has 96 heavy (non-hydrogen) atoms. The van der Waals surface area contributed by atoms with E-state index in [1.165, 1.54) is 22.7 Å². The van der Waals surface area contributed by atoms with Gasteiger partial charge in [0.25, 0.3) is 0 Å². The van der Waals surface area contributed by atoms with Gasteiger partial charge < -0.3 is 50.0 Å². The van der Waals surface area contributed by atoms with E-state index in [0.29, 0.717) is 104 Å². The van der Waals surface area contributed by atoms with E-state index < -0.39 is 24.3 Å². The number of carbonyl (C=O) groups is 6. The molecule has 4 heterocycles. The molecule has 22 heteroatoms. The van der Waals surface area contributed by atoms with Crippen molar-refractivity contribution in [3.05, 3.63) is 177 Å². The first kappa shape index (κ1) is 75.8. The summed E-state index contributed by atoms with van der Waals surface area (Å²) >= 11 is 2.88. The fourth-order valence-electron chi connectivity index (χ4n) is 11.6. The Balaban J connectivity index is 0.000000271. The highest BCUT2D eigenvalue weighted by Gasteiger charge is 2.30. The molecule has 2 fully saturated rings. The van der Waals surface area contributed by atoms with Crippen LogP contribution in [-0.4, -0.2) is 181 Å². The van der Waals surface area contributed by atoms with Crippen LogP contribution in [0.15, 0.2) is 145 Å². The van der Waals surface area contributed by atoms with Crippen LogP contribution in [0.3, 0.4) is 0 Å². The number of aromatic nitrogens is 2. The molecule has 2 saturated heterocycles. The predicted molar refractivity (Wildman–Crippen MR) is 378 cm³/mol. The van der Waals surface area contributed by atoms with Crippen LogP contribution in [0.1, 0.15) is 111 Å². The quantitative estimate of drug-likeness (QED) is 0.0287. The van der Waals surface area contributed by atoms with Crippen LogP contribution in [0.5, 0.6) is 0 Å². The highest BCUT2D eigenvalue weighted by molar-refractivity contribution is 7.09. The van der Waals surface area contributed by atoms with E-state index >= 15 is 0 Å². The number of rotatable bonds is 36. The third-order valence-corrected chi connectivity index (χ3v) is 19.3. The fourth-order valence-corrected chi connectivity index (χ4v) is 12.6. The summed E-state index contributed by atoms with van der Waals surface area (Å²) in [6, 6.07) is 38.5. The number of amides is 6. The van der Waals surface area contributed by atoms with Gasteiger partial charge in [-0.2, -0.15) is 0 Å². The van der Waals surface area contributed by atoms with Crippen molar-refractivity contribution < 1.29 is 47.7 Å². The Bertz CT molecular complexity index is 2950. The lowest BCUT2D eigenvalue weighted by atomic mass is 9.86. The molecule has 1 unspecified atom stereocenters. The molecule has 4 aromatic carbocycles. The van der Waals surface area contributed by atoms with Crippen molar-refractivity contribution >= 4 is 58.5 Å². The summed E-state index contributed by atoms with van der Waals surface area (Å²) < 4.78 is 22.0. The van der Waals surface area contributed by atoms with Crippen LogP contribution in [0.25, 0.3) is 0 Å². The Hall–Kier alpha value is -7.60. The summed E-state index contributed by atoms with van der Waals surface area (Å²) in [6.07, 6.45) is 9.64. The van der Waals surface area contributed by atoms with Crippen molar-refractivity contribution in [2.45, 2.75) is 154 Å². The lowest BCUT2D eigenvalue weighted by Crippen LogP contribution is -2.50. The van der Waals surface area contributed by atoms with Gasteiger partial charge in [-0.15, -0.1) is 22.7 Å². The van der Waals surface area contributed by atoms with E-state index in [-0.39, 0.29) is 72.8 Å². The van der Waals surface area contributed by atoms with E-state index in [9.17, 15) is 28.8 Å². The van der Waals surface area contributed by atoms with Crippen LogP contribution in [0.2, 0.25) is 0 Å². The zero-order valence-corrected chi connectivity index (χ0v) is 58.7. The smallest absolute Gasteiger partial charge is 0.407 e. The molecule has 6 atom stereocenters. The maximum absolute atomic E-state index is 14.1. The van der Waals surface area contributed by atoms with Crippen LogP contribution in [0, 0.1) is 11.8 Å². The number of nitrogens with one attached hydrogen (secondary N) is 4. The van der Waals surface area contributed by atoms with Crippen molar-refractivity contribution in [2.24, 2.45) is 11.8 Å². The van der Waals surface area contributed by atoms with Gasteiger partial charge in [-0.05, 0) is 126 Å². The molecule has 520 valence electrons. The van der Waals surface area contributed by atoms with E-state index in [0.717, 1.165) is 71.0 Å². The van der Waals surface area contributed by atoms with Gasteiger partial charge >= 0.3 is 24.2 Å². The van der Waals surface area contributed by atoms with Gasteiger partial charge in [0.2, 0.25) is 0 Å². The summed E-state index contributed by atoms with van der Waals surface area (Å²) in [4.78, 5) is 97.9. The maximum Gasteiger partial charge on any atom is 0.407 e. The summed E-state index contributed by atoms with van der Waals surface area (Å²) in [5, 5.41) is 12.3. The average Bonchev–Trinajstić information content (AvgIpc) is 4.19. The fraction of sp³-hybridized carbons (Fsp3) is 0.514. The van der Waals surface area contributed by atoms with Crippen molar-refractivity contribution in [3.63, 3.8) is 0 Å². The van der Waals surface area contributed by atoms with Crippen LogP contribution < -0.4 is 21.3 Å². The number of carbonyl (C=O) groups excluding carboxylic acids is 6. The topological polar surface area (TPSA) is 226 Å². The number of hydrogen-bond donors (Lipinski definition) is 4. The minimum atomic E-state index is -0.597. The SMILES string of the molecule is CC(C)N(C)C(=O)NC(CCN1CCOCC1)C(=O)C[C@H](CC[C@H](Cc1ccccc1)NC(=O)OCc1cncs1)Cc1ccccc1.CC(C)N(C)C(=O)N[C@H](CCN1CCOCC1)C(=O)C[C@H](CC[C@H](Cc1ccccc1)NC(=O)OCc1cncs1)Cc1ccccc1. The third kappa shape index (κ3) is 28.6. The Morgan fingerprint density at radius 3 is 1.11 bits per heavy atom. The van der Waals surface area contributed by atoms with Crippen LogP contribution in [0.4, 0.5) is 19.2 Å². The third-order valence-electron chi connectivity index (χ3n) is 17.8. The molecule has 2 aliphatic heterocycles. The standard InChI is InChI=1S/2C37H51N5O5S/c2*1-28(2)41(3)36(44)40-34(16-17-42-18-20-46-21-19-42)35(43)24-31(22-29-10-6-4-7-11-29)14-15-32(23-30-12-8-5-9-13-30)39-37(45)47-26-33-25-38-27-48-33/h2*4-13,25,27-28,31-32,34H,14-24,26H2,1-3H3,(H,39,45)(H,40,44)/t31-,32-,34?;31-,32-,34-/m11/s1. The van der Waals surface area contributed by atoms with Gasteiger partial charge in [0, 0.05) is 103 Å². The zero-order chi connectivity index (χ0) is 68.3. The normalized spacial score (nSPS) is 15.3. The number of Topliss-reactive ketones (excluding diaryl/α,β-unsaturated/α-hetero) is 2. The molecule has 0 radical (unpaired) electrons. The second kappa shape index (κ2) is 42.2. The van der Waals surface area contributed by atoms with Gasteiger partial charge in [0.05, 0.1) is 59.3 Å². The van der Waals surface area contributed by atoms with Crippen molar-refractivity contribution in [3.8, 4) is 0 Å². The first-order valence-corrected chi connectivity index (χ1v) is 35.8. The molecular formula is C74H102N10O10S2. The summed E-state index contributed by atoms with van der Waals surface area (Å²) in [7, 11) is 3.51. The average molecular weight is 1360 g/mol. The number of thiazole rings is 2. The molecule has 8 rings (SSSR count). The molecular weight excluding hydrogens is 1250 g/mol. The molecule has 0 bridgehead atoms. The van der Waals surface area contributed by atoms with Crippen molar-refractivity contribution in [1.29, 1.82) is 0 Å². The molecule has 0 spiro atoms. The molecule has 2 aliphatic rings. The Morgan fingerprint density at radius 1 is 0.469 bits per heavy atom. The minimum Gasteiger partial charge on any atom is -0.444 e. The highest BCUT2D eigenvalue weighted by Crippen LogP contribution is 2.25. The number of ketones is 2. The Kier molecular flexibility index (Phi) is 33.3. The van der Waals surface area contributed by atoms with Gasteiger partial charge in [0.15, 0.2) is 11.6 Å². The predicted octanol–water partition coefficient (Wildman–Crippen LogP) is 11.4. The maximum atomic E-state index is 14.1. The molecule has 0 saturated carbocycles. The number of hydrogen-bond acceptors (Lipinski definition) is 16. The van der Waals surface area contributed by atoms with E-state index in [4.69, 9.17) is 18.9 Å². The van der Waals surface area contributed by atoms with E-state index in [1.807, 2.05) is 100 Å². The number of nitrogens with zero attached hydrogens (tertiary/aromatic N) is 6.